The summed E-state index contributed by atoms with van der Waals surface area (Å²) in [5.74, 6) is 0. The Hall–Kier alpha value is 0.620. The van der Waals surface area contributed by atoms with Gasteiger partial charge in [0.2, 0.25) is 0 Å². The highest BCUT2D eigenvalue weighted by atomic mass is 31.2. The van der Waals surface area contributed by atoms with Gasteiger partial charge in [0, 0.05) is 0 Å². The average Bonchev–Trinajstić information content (AvgIpc) is 1.79. The summed E-state index contributed by atoms with van der Waals surface area (Å²) in [5, 5.41) is 0. The molecular formula is C2H5O6P2-3. The second-order valence-electron chi connectivity index (χ2n) is 1.13. The fourth-order valence-corrected chi connectivity index (χ4v) is 0.681. The Bertz CT molecular complexity index is 66.1. The molecule has 0 saturated heterocycles. The standard InChI is InChI=1S/C2H5O6P2/c3-9(4)7-1-2-8-10(5)6/h3H,1-2H2/q-3. The van der Waals surface area contributed by atoms with E-state index in [9.17, 15) is 14.7 Å². The zero-order valence-corrected chi connectivity index (χ0v) is 6.59. The molecule has 0 spiro atoms. The lowest BCUT2D eigenvalue weighted by atomic mass is 10.8. The lowest BCUT2D eigenvalue weighted by molar-refractivity contribution is -0.318. The molecule has 10 heavy (non-hydrogen) atoms. The normalized spacial score (nSPS) is 14.1. The van der Waals surface area contributed by atoms with E-state index >= 15 is 0 Å². The fourth-order valence-electron chi connectivity index (χ4n) is 0.227. The lowest BCUT2D eigenvalue weighted by Gasteiger charge is -2.29. The maximum atomic E-state index is 9.76. The van der Waals surface area contributed by atoms with Gasteiger partial charge < -0.3 is 28.6 Å². The average molecular weight is 187 g/mol. The van der Waals surface area contributed by atoms with Crippen molar-refractivity contribution in [2.45, 2.75) is 0 Å². The second kappa shape index (κ2) is 6.34. The molecule has 8 heteroatoms. The minimum Gasteiger partial charge on any atom is -0.820 e. The van der Waals surface area contributed by atoms with Crippen LogP contribution in [0.1, 0.15) is 0 Å². The molecule has 0 bridgehead atoms. The smallest absolute Gasteiger partial charge is 0.0793 e. The minimum absolute atomic E-state index is 0.213. The summed E-state index contributed by atoms with van der Waals surface area (Å²) in [5.41, 5.74) is 0. The molecule has 0 aromatic rings. The van der Waals surface area contributed by atoms with E-state index in [1.807, 2.05) is 0 Å². The van der Waals surface area contributed by atoms with Crippen molar-refractivity contribution in [2.24, 2.45) is 0 Å². The highest BCUT2D eigenvalue weighted by Crippen LogP contribution is 2.19. The Labute approximate surface area is 60.0 Å². The minimum atomic E-state index is -2.89. The molecule has 0 rings (SSSR count). The van der Waals surface area contributed by atoms with Crippen LogP contribution in [0.4, 0.5) is 0 Å². The molecule has 1 unspecified atom stereocenters. The molecule has 0 aromatic heterocycles. The first-order valence-electron chi connectivity index (χ1n) is 2.19. The summed E-state index contributed by atoms with van der Waals surface area (Å²) in [6, 6.07) is 0. The third-order valence-electron chi connectivity index (χ3n) is 0.482. The van der Waals surface area contributed by atoms with Gasteiger partial charge in [-0.05, 0) is 0 Å². The third kappa shape index (κ3) is 8.62. The van der Waals surface area contributed by atoms with E-state index in [1.165, 1.54) is 0 Å². The zero-order valence-electron chi connectivity index (χ0n) is 4.80. The van der Waals surface area contributed by atoms with Crippen molar-refractivity contribution in [3.05, 3.63) is 0 Å². The van der Waals surface area contributed by atoms with E-state index in [0.717, 1.165) is 0 Å². The first-order valence-corrected chi connectivity index (χ1v) is 4.42. The molecule has 0 aliphatic carbocycles. The monoisotopic (exact) mass is 187 g/mol. The Kier molecular flexibility index (Phi) is 6.73. The Morgan fingerprint density at radius 2 is 1.60 bits per heavy atom. The molecule has 0 aliphatic heterocycles. The Morgan fingerprint density at radius 3 is 2.00 bits per heavy atom. The lowest BCUT2D eigenvalue weighted by Crippen LogP contribution is -2.13. The van der Waals surface area contributed by atoms with Crippen LogP contribution >= 0.6 is 17.2 Å². The molecule has 0 aliphatic rings. The van der Waals surface area contributed by atoms with E-state index in [4.69, 9.17) is 4.89 Å². The van der Waals surface area contributed by atoms with Gasteiger partial charge in [0.15, 0.2) is 0 Å². The van der Waals surface area contributed by atoms with Crippen molar-refractivity contribution in [1.29, 1.82) is 0 Å². The first-order chi connectivity index (χ1) is 4.63. The van der Waals surface area contributed by atoms with Crippen LogP contribution in [0.15, 0.2) is 0 Å². The summed E-state index contributed by atoms with van der Waals surface area (Å²) < 4.78 is 8.05. The predicted molar refractivity (Wildman–Crippen MR) is 28.0 cm³/mol. The maximum absolute atomic E-state index is 9.76. The summed E-state index contributed by atoms with van der Waals surface area (Å²) in [4.78, 5) is 37.1. The van der Waals surface area contributed by atoms with Gasteiger partial charge in [0.1, 0.15) is 0 Å². The molecule has 0 radical (unpaired) electrons. The molecular weight excluding hydrogens is 182 g/mol. The van der Waals surface area contributed by atoms with E-state index < -0.39 is 17.2 Å². The van der Waals surface area contributed by atoms with E-state index in [0.29, 0.717) is 0 Å². The van der Waals surface area contributed by atoms with Crippen molar-refractivity contribution < 1.29 is 28.6 Å². The van der Waals surface area contributed by atoms with Crippen molar-refractivity contribution in [2.75, 3.05) is 13.2 Å². The van der Waals surface area contributed by atoms with Gasteiger partial charge in [0.05, 0.1) is 21.8 Å². The van der Waals surface area contributed by atoms with Crippen molar-refractivity contribution in [1.82, 2.24) is 0 Å². The molecule has 0 heterocycles. The largest absolute Gasteiger partial charge is 0.820 e. The molecule has 62 valence electrons. The highest BCUT2D eigenvalue weighted by Gasteiger charge is 1.86. The van der Waals surface area contributed by atoms with Crippen LogP contribution in [-0.2, 0) is 9.05 Å². The Balaban J connectivity index is 2.91. The highest BCUT2D eigenvalue weighted by molar-refractivity contribution is 7.37. The van der Waals surface area contributed by atoms with Crippen LogP contribution in [0.5, 0.6) is 0 Å². The maximum Gasteiger partial charge on any atom is 0.0793 e. The molecule has 0 saturated carbocycles. The van der Waals surface area contributed by atoms with Crippen LogP contribution < -0.4 is 14.7 Å². The van der Waals surface area contributed by atoms with Crippen LogP contribution in [0, 0.1) is 0 Å². The van der Waals surface area contributed by atoms with Gasteiger partial charge in [0.25, 0.3) is 0 Å². The SMILES string of the molecule is [O-]P([O-])OCCOP([O-])O. The van der Waals surface area contributed by atoms with Gasteiger partial charge >= 0.3 is 0 Å². The van der Waals surface area contributed by atoms with Crippen molar-refractivity contribution >= 4 is 17.2 Å². The quantitative estimate of drug-likeness (QED) is 0.378. The summed E-state index contributed by atoms with van der Waals surface area (Å²) in [6.45, 7) is -0.449. The van der Waals surface area contributed by atoms with Crippen molar-refractivity contribution in [3.63, 3.8) is 0 Å². The predicted octanol–water partition coefficient (Wildman–Crippen LogP) is -2.45. The van der Waals surface area contributed by atoms with E-state index in [-0.39, 0.29) is 13.2 Å². The van der Waals surface area contributed by atoms with E-state index in [1.54, 1.807) is 0 Å². The zero-order chi connectivity index (χ0) is 7.98. The molecule has 0 amide bonds. The molecule has 6 nitrogen and oxygen atoms in total. The number of rotatable bonds is 5. The van der Waals surface area contributed by atoms with Gasteiger partial charge in [-0.1, -0.05) is 0 Å². The third-order valence-corrected chi connectivity index (χ3v) is 1.28. The topological polar surface area (TPSA) is 108 Å². The Morgan fingerprint density at radius 1 is 1.10 bits per heavy atom. The van der Waals surface area contributed by atoms with Crippen molar-refractivity contribution in [3.8, 4) is 0 Å². The first kappa shape index (κ1) is 10.6. The summed E-state index contributed by atoms with van der Waals surface area (Å²) in [7, 11) is -5.55. The second-order valence-corrected chi connectivity index (χ2v) is 2.57. The van der Waals surface area contributed by atoms with Crippen LogP contribution in [0.3, 0.4) is 0 Å². The van der Waals surface area contributed by atoms with Crippen LogP contribution in [0.2, 0.25) is 0 Å². The van der Waals surface area contributed by atoms with Crippen LogP contribution in [-0.4, -0.2) is 18.1 Å². The molecule has 0 fully saturated rings. The molecule has 1 N–H and O–H groups in total. The van der Waals surface area contributed by atoms with Gasteiger partial charge in [-0.2, -0.15) is 8.60 Å². The van der Waals surface area contributed by atoms with Crippen LogP contribution in [0.25, 0.3) is 0 Å². The van der Waals surface area contributed by atoms with Gasteiger partial charge in [-0.15, -0.1) is 0 Å². The fraction of sp³-hybridized carbons (Fsp3) is 1.00. The summed E-state index contributed by atoms with van der Waals surface area (Å²) in [6.07, 6.45) is 0. The summed E-state index contributed by atoms with van der Waals surface area (Å²) >= 11 is 0. The molecule has 1 atom stereocenters. The van der Waals surface area contributed by atoms with E-state index in [2.05, 4.69) is 9.05 Å². The number of hydrogen-bond donors (Lipinski definition) is 1. The number of hydrogen-bond acceptors (Lipinski definition) is 6. The van der Waals surface area contributed by atoms with Gasteiger partial charge in [-0.3, -0.25) is 0 Å². The molecule has 0 aromatic carbocycles. The van der Waals surface area contributed by atoms with Gasteiger partial charge in [-0.25, -0.2) is 0 Å².